The molecule has 1 heterocycles. The van der Waals surface area contributed by atoms with Crippen LogP contribution < -0.4 is 5.32 Å². The van der Waals surface area contributed by atoms with Crippen molar-refractivity contribution in [2.24, 2.45) is 0 Å². The zero-order valence-corrected chi connectivity index (χ0v) is 7.53. The van der Waals surface area contributed by atoms with E-state index in [0.29, 0.717) is 0 Å². The van der Waals surface area contributed by atoms with Gasteiger partial charge in [-0.3, -0.25) is 0 Å². The van der Waals surface area contributed by atoms with Crippen molar-refractivity contribution in [3.8, 4) is 0 Å². The molecule has 1 aliphatic rings. The van der Waals surface area contributed by atoms with Crippen LogP contribution in [0.5, 0.6) is 0 Å². The van der Waals surface area contributed by atoms with Crippen molar-refractivity contribution < 1.29 is 16.8 Å². The van der Waals surface area contributed by atoms with Crippen molar-refractivity contribution in [3.63, 3.8) is 0 Å². The van der Waals surface area contributed by atoms with Crippen molar-refractivity contribution in [1.29, 1.82) is 0 Å². The Morgan fingerprint density at radius 1 is 0.600 bits per heavy atom. The van der Waals surface area contributed by atoms with E-state index in [2.05, 4.69) is 5.32 Å². The number of rotatable bonds is 0. The number of hydrogen-bond acceptors (Lipinski definition) is 1. The van der Waals surface area contributed by atoms with Crippen LogP contribution in [-0.2, 0) is 16.8 Å². The second-order valence-corrected chi connectivity index (χ2v) is 2.87. The van der Waals surface area contributed by atoms with Crippen LogP contribution in [0, 0.1) is 0 Å². The molecule has 1 aliphatic heterocycles. The zero-order valence-electron chi connectivity index (χ0n) is 6.49. The summed E-state index contributed by atoms with van der Waals surface area (Å²) in [5.41, 5.74) is 0. The zero-order chi connectivity index (χ0) is 6.36. The molecule has 1 fully saturated rings. The SMILES string of the molecule is C1CCCCNCCC1.[Co]. The molecule has 2 heteroatoms. The molecule has 1 N–H and O–H groups in total. The average molecular weight is 186 g/mol. The maximum absolute atomic E-state index is 3.43. The summed E-state index contributed by atoms with van der Waals surface area (Å²) in [7, 11) is 0. The molecule has 1 radical (unpaired) electrons. The van der Waals surface area contributed by atoms with Gasteiger partial charge >= 0.3 is 0 Å². The third-order valence-electron chi connectivity index (χ3n) is 1.96. The topological polar surface area (TPSA) is 12.0 Å². The molecule has 0 bridgehead atoms. The van der Waals surface area contributed by atoms with Gasteiger partial charge in [0.05, 0.1) is 0 Å². The van der Waals surface area contributed by atoms with Gasteiger partial charge in [0, 0.05) is 16.8 Å². The smallest absolute Gasteiger partial charge is 0 e. The van der Waals surface area contributed by atoms with Gasteiger partial charge in [-0.1, -0.05) is 25.7 Å². The van der Waals surface area contributed by atoms with E-state index in [1.807, 2.05) is 0 Å². The first-order chi connectivity index (χ1) is 4.50. The van der Waals surface area contributed by atoms with Gasteiger partial charge in [-0.15, -0.1) is 0 Å². The number of hydrogen-bond donors (Lipinski definition) is 1. The maximum atomic E-state index is 3.43. The minimum atomic E-state index is 0. The number of nitrogens with one attached hydrogen (secondary N) is 1. The Hall–Kier alpha value is 0.466. The molecule has 0 aromatic rings. The second-order valence-electron chi connectivity index (χ2n) is 2.87. The third kappa shape index (κ3) is 5.27. The Balaban J connectivity index is 0.000000810. The standard InChI is InChI=1S/C8H17N.Co/c1-2-4-6-8-9-7-5-3-1;/h9H,1-8H2;. The Bertz CT molecular complexity index is 37.7. The fourth-order valence-corrected chi connectivity index (χ4v) is 1.33. The van der Waals surface area contributed by atoms with Crippen LogP contribution in [0.3, 0.4) is 0 Å². The van der Waals surface area contributed by atoms with Crippen molar-refractivity contribution >= 4 is 0 Å². The molecule has 0 aromatic carbocycles. The van der Waals surface area contributed by atoms with Gasteiger partial charge < -0.3 is 5.32 Å². The van der Waals surface area contributed by atoms with E-state index < -0.39 is 0 Å². The fraction of sp³-hybridized carbons (Fsp3) is 1.00. The molecule has 0 aromatic heterocycles. The Morgan fingerprint density at radius 2 is 1.00 bits per heavy atom. The average Bonchev–Trinajstić information content (AvgIpc) is 2.00. The third-order valence-corrected chi connectivity index (χ3v) is 1.96. The molecule has 0 amide bonds. The van der Waals surface area contributed by atoms with Gasteiger partial charge in [0.15, 0.2) is 0 Å². The Labute approximate surface area is 74.2 Å². The van der Waals surface area contributed by atoms with Crippen LogP contribution >= 0.6 is 0 Å². The predicted octanol–water partition coefficient (Wildman–Crippen LogP) is 1.93. The molecule has 1 rings (SSSR count). The van der Waals surface area contributed by atoms with Crippen LogP contribution in [0.25, 0.3) is 0 Å². The molecule has 0 spiro atoms. The molecule has 0 atom stereocenters. The van der Waals surface area contributed by atoms with E-state index in [1.165, 1.54) is 51.6 Å². The largest absolute Gasteiger partial charge is 0.317 e. The minimum Gasteiger partial charge on any atom is -0.317 e. The van der Waals surface area contributed by atoms with Gasteiger partial charge in [-0.2, -0.15) is 0 Å². The van der Waals surface area contributed by atoms with Crippen LogP contribution in [0.2, 0.25) is 0 Å². The maximum Gasteiger partial charge on any atom is 0 e. The van der Waals surface area contributed by atoms with Crippen LogP contribution in [0.4, 0.5) is 0 Å². The second kappa shape index (κ2) is 7.57. The molecule has 0 aliphatic carbocycles. The first-order valence-corrected chi connectivity index (χ1v) is 4.21. The van der Waals surface area contributed by atoms with Gasteiger partial charge in [0.2, 0.25) is 0 Å². The first-order valence-electron chi connectivity index (χ1n) is 4.21. The van der Waals surface area contributed by atoms with Crippen molar-refractivity contribution in [3.05, 3.63) is 0 Å². The summed E-state index contributed by atoms with van der Waals surface area (Å²) in [5, 5.41) is 3.43. The molecule has 63 valence electrons. The Kier molecular flexibility index (Phi) is 7.93. The molecule has 10 heavy (non-hydrogen) atoms. The minimum absolute atomic E-state index is 0. The normalized spacial score (nSPS) is 21.6. The van der Waals surface area contributed by atoms with E-state index in [0.717, 1.165) is 0 Å². The summed E-state index contributed by atoms with van der Waals surface area (Å²) in [4.78, 5) is 0. The predicted molar refractivity (Wildman–Crippen MR) is 40.6 cm³/mol. The molecule has 0 saturated carbocycles. The summed E-state index contributed by atoms with van der Waals surface area (Å²) in [6.45, 7) is 2.50. The van der Waals surface area contributed by atoms with E-state index in [9.17, 15) is 0 Å². The summed E-state index contributed by atoms with van der Waals surface area (Å²) >= 11 is 0. The summed E-state index contributed by atoms with van der Waals surface area (Å²) < 4.78 is 0. The molecular weight excluding hydrogens is 169 g/mol. The van der Waals surface area contributed by atoms with E-state index in [1.54, 1.807) is 0 Å². The summed E-state index contributed by atoms with van der Waals surface area (Å²) in [6, 6.07) is 0. The summed E-state index contributed by atoms with van der Waals surface area (Å²) in [5.74, 6) is 0. The monoisotopic (exact) mass is 186 g/mol. The Morgan fingerprint density at radius 3 is 1.50 bits per heavy atom. The van der Waals surface area contributed by atoms with Crippen LogP contribution in [0.1, 0.15) is 38.5 Å². The molecule has 1 saturated heterocycles. The van der Waals surface area contributed by atoms with Gasteiger partial charge in [0.25, 0.3) is 0 Å². The van der Waals surface area contributed by atoms with E-state index in [4.69, 9.17) is 0 Å². The van der Waals surface area contributed by atoms with Crippen LogP contribution in [-0.4, -0.2) is 13.1 Å². The van der Waals surface area contributed by atoms with Crippen molar-refractivity contribution in [1.82, 2.24) is 5.32 Å². The fourth-order valence-electron chi connectivity index (χ4n) is 1.33. The van der Waals surface area contributed by atoms with Crippen molar-refractivity contribution in [2.75, 3.05) is 13.1 Å². The van der Waals surface area contributed by atoms with E-state index >= 15 is 0 Å². The van der Waals surface area contributed by atoms with Gasteiger partial charge in [-0.05, 0) is 25.9 Å². The summed E-state index contributed by atoms with van der Waals surface area (Å²) in [6.07, 6.45) is 8.57. The quantitative estimate of drug-likeness (QED) is 0.609. The molecule has 1 nitrogen and oxygen atoms in total. The van der Waals surface area contributed by atoms with Gasteiger partial charge in [0.1, 0.15) is 0 Å². The van der Waals surface area contributed by atoms with E-state index in [-0.39, 0.29) is 16.8 Å². The first kappa shape index (κ1) is 10.5. The molecular formula is C8H17CoN. The molecule has 0 unspecified atom stereocenters. The van der Waals surface area contributed by atoms with Crippen molar-refractivity contribution in [2.45, 2.75) is 38.5 Å². The van der Waals surface area contributed by atoms with Gasteiger partial charge in [-0.25, -0.2) is 0 Å². The van der Waals surface area contributed by atoms with Crippen LogP contribution in [0.15, 0.2) is 0 Å².